The van der Waals surface area contributed by atoms with Crippen molar-refractivity contribution in [3.63, 3.8) is 0 Å². The molecular formula is C23H24N4O3S. The number of carbonyl (C=O) groups is 1. The third-order valence-electron chi connectivity index (χ3n) is 4.76. The molecule has 1 aromatic heterocycles. The first kappa shape index (κ1) is 22.5. The number of methoxy groups -OCH3 is 1. The fraction of sp³-hybridized carbons (Fsp3) is 0.304. The lowest BCUT2D eigenvalue weighted by molar-refractivity contribution is -0.116. The van der Waals surface area contributed by atoms with Gasteiger partial charge in [0.25, 0.3) is 5.56 Å². The number of thioether (sulfide) groups is 1. The largest absolute Gasteiger partial charge is 0.383 e. The van der Waals surface area contributed by atoms with Crippen LogP contribution in [0.1, 0.15) is 19.4 Å². The van der Waals surface area contributed by atoms with E-state index < -0.39 is 0 Å². The van der Waals surface area contributed by atoms with Crippen LogP contribution < -0.4 is 10.5 Å². The first-order chi connectivity index (χ1) is 15.1. The van der Waals surface area contributed by atoms with Gasteiger partial charge in [-0.1, -0.05) is 42.1 Å². The van der Waals surface area contributed by atoms with Crippen LogP contribution in [0.2, 0.25) is 0 Å². The molecule has 0 aliphatic heterocycles. The zero-order valence-corrected chi connectivity index (χ0v) is 18.3. The molecule has 1 atom stereocenters. The van der Waals surface area contributed by atoms with Gasteiger partial charge in [-0.05, 0) is 31.2 Å². The lowest BCUT2D eigenvalue weighted by atomic mass is 10.2. The number of benzene rings is 2. The molecule has 0 bridgehead atoms. The van der Waals surface area contributed by atoms with Crippen molar-refractivity contribution < 1.29 is 9.53 Å². The fourth-order valence-corrected chi connectivity index (χ4v) is 4.28. The van der Waals surface area contributed by atoms with Gasteiger partial charge in [0.2, 0.25) is 5.91 Å². The second-order valence-electron chi connectivity index (χ2n) is 6.97. The van der Waals surface area contributed by atoms with Crippen LogP contribution in [-0.4, -0.2) is 41.5 Å². The molecule has 7 nitrogen and oxygen atoms in total. The summed E-state index contributed by atoms with van der Waals surface area (Å²) < 4.78 is 6.83. The van der Waals surface area contributed by atoms with Crippen molar-refractivity contribution in [2.24, 2.45) is 0 Å². The molecule has 2 aromatic carbocycles. The standard InChI is InChI=1S/C23H24N4O3S/c1-17(15-30-2)27-22(29)19-11-6-7-12-20(19)25-23(27)31-16-21(28)26(14-8-13-24)18-9-4-3-5-10-18/h3-7,9-12,17H,8,14-16H2,1-2H3. The minimum atomic E-state index is -0.240. The second-order valence-corrected chi connectivity index (χ2v) is 7.91. The van der Waals surface area contributed by atoms with E-state index in [0.29, 0.717) is 29.2 Å². The van der Waals surface area contributed by atoms with Gasteiger partial charge < -0.3 is 9.64 Å². The molecule has 1 heterocycles. The number of para-hydroxylation sites is 2. The van der Waals surface area contributed by atoms with Crippen LogP contribution in [0.25, 0.3) is 10.9 Å². The van der Waals surface area contributed by atoms with Crippen LogP contribution in [0, 0.1) is 11.3 Å². The second kappa shape index (κ2) is 10.8. The Morgan fingerprint density at radius 1 is 1.23 bits per heavy atom. The van der Waals surface area contributed by atoms with E-state index in [1.165, 1.54) is 11.8 Å². The van der Waals surface area contributed by atoms with Crippen LogP contribution in [0.15, 0.2) is 64.5 Å². The summed E-state index contributed by atoms with van der Waals surface area (Å²) in [6.45, 7) is 2.54. The van der Waals surface area contributed by atoms with Gasteiger partial charge in [-0.15, -0.1) is 0 Å². The number of aromatic nitrogens is 2. The van der Waals surface area contributed by atoms with Crippen LogP contribution in [0.3, 0.4) is 0 Å². The van der Waals surface area contributed by atoms with E-state index in [2.05, 4.69) is 11.1 Å². The van der Waals surface area contributed by atoms with Crippen molar-refractivity contribution in [1.29, 1.82) is 5.26 Å². The summed E-state index contributed by atoms with van der Waals surface area (Å²) in [4.78, 5) is 32.4. The number of nitrogens with zero attached hydrogens (tertiary/aromatic N) is 4. The number of amides is 1. The molecule has 31 heavy (non-hydrogen) atoms. The van der Waals surface area contributed by atoms with Gasteiger partial charge in [-0.3, -0.25) is 14.2 Å². The molecule has 8 heteroatoms. The average Bonchev–Trinajstić information content (AvgIpc) is 2.79. The molecule has 160 valence electrons. The number of ether oxygens (including phenoxy) is 1. The Morgan fingerprint density at radius 3 is 2.65 bits per heavy atom. The molecule has 3 rings (SSSR count). The first-order valence-corrected chi connectivity index (χ1v) is 10.9. The van der Waals surface area contributed by atoms with Crippen LogP contribution >= 0.6 is 11.8 Å². The summed E-state index contributed by atoms with van der Waals surface area (Å²) in [7, 11) is 1.58. The van der Waals surface area contributed by atoms with Crippen LogP contribution in [0.5, 0.6) is 0 Å². The van der Waals surface area contributed by atoms with Crippen molar-refractivity contribution in [2.75, 3.05) is 30.9 Å². The number of nitriles is 1. The molecule has 1 amide bonds. The Balaban J connectivity index is 1.91. The fourth-order valence-electron chi connectivity index (χ4n) is 3.30. The van der Waals surface area contributed by atoms with Crippen LogP contribution in [0.4, 0.5) is 5.69 Å². The Morgan fingerprint density at radius 2 is 1.94 bits per heavy atom. The maximum atomic E-state index is 13.1. The number of anilines is 1. The first-order valence-electron chi connectivity index (χ1n) is 9.92. The molecule has 0 aliphatic carbocycles. The Hall–Kier alpha value is -3.15. The smallest absolute Gasteiger partial charge is 0.262 e. The summed E-state index contributed by atoms with van der Waals surface area (Å²) in [5.74, 6) is -0.0649. The normalized spacial score (nSPS) is 11.8. The molecule has 0 spiro atoms. The van der Waals surface area contributed by atoms with Crippen molar-refractivity contribution in [2.45, 2.75) is 24.5 Å². The van der Waals surface area contributed by atoms with Crippen molar-refractivity contribution >= 4 is 34.3 Å². The predicted molar refractivity (Wildman–Crippen MR) is 122 cm³/mol. The maximum Gasteiger partial charge on any atom is 0.262 e. The van der Waals surface area contributed by atoms with Gasteiger partial charge in [0.1, 0.15) is 0 Å². The number of carbonyl (C=O) groups excluding carboxylic acids is 1. The summed E-state index contributed by atoms with van der Waals surface area (Å²) in [6.07, 6.45) is 0.231. The maximum absolute atomic E-state index is 13.1. The third kappa shape index (κ3) is 5.32. The molecule has 3 aromatic rings. The van der Waals surface area contributed by atoms with Crippen LogP contribution in [-0.2, 0) is 9.53 Å². The predicted octanol–water partition coefficient (Wildman–Crippen LogP) is 3.64. The summed E-state index contributed by atoms with van der Waals surface area (Å²) in [6, 6.07) is 18.3. The Labute approximate surface area is 185 Å². The van der Waals surface area contributed by atoms with Crippen molar-refractivity contribution in [3.05, 3.63) is 65.0 Å². The highest BCUT2D eigenvalue weighted by molar-refractivity contribution is 7.99. The van der Waals surface area contributed by atoms with E-state index in [4.69, 9.17) is 10.00 Å². The number of rotatable bonds is 9. The van der Waals surface area contributed by atoms with Gasteiger partial charge in [0.05, 0.1) is 41.8 Å². The summed E-state index contributed by atoms with van der Waals surface area (Å²) in [5, 5.41) is 9.97. The van der Waals surface area contributed by atoms with E-state index in [1.807, 2.05) is 43.3 Å². The Bertz CT molecular complexity index is 1140. The van der Waals surface area contributed by atoms with Gasteiger partial charge >= 0.3 is 0 Å². The number of hydrogen-bond acceptors (Lipinski definition) is 6. The summed E-state index contributed by atoms with van der Waals surface area (Å²) in [5.41, 5.74) is 1.17. The van der Waals surface area contributed by atoms with Crippen molar-refractivity contribution in [1.82, 2.24) is 9.55 Å². The Kier molecular flexibility index (Phi) is 7.82. The van der Waals surface area contributed by atoms with E-state index in [1.54, 1.807) is 34.8 Å². The van der Waals surface area contributed by atoms with Gasteiger partial charge in [-0.25, -0.2) is 4.98 Å². The molecular weight excluding hydrogens is 412 g/mol. The van der Waals surface area contributed by atoms with E-state index >= 15 is 0 Å². The SMILES string of the molecule is COCC(C)n1c(SCC(=O)N(CCC#N)c2ccccc2)nc2ccccc2c1=O. The number of hydrogen-bond donors (Lipinski definition) is 0. The molecule has 0 saturated carbocycles. The van der Waals surface area contributed by atoms with Gasteiger partial charge in [0.15, 0.2) is 5.16 Å². The highest BCUT2D eigenvalue weighted by atomic mass is 32.2. The highest BCUT2D eigenvalue weighted by Crippen LogP contribution is 2.23. The highest BCUT2D eigenvalue weighted by Gasteiger charge is 2.20. The monoisotopic (exact) mass is 436 g/mol. The lowest BCUT2D eigenvalue weighted by Gasteiger charge is -2.22. The molecule has 0 fully saturated rings. The molecule has 1 unspecified atom stereocenters. The zero-order valence-electron chi connectivity index (χ0n) is 17.5. The van der Waals surface area contributed by atoms with E-state index in [-0.39, 0.29) is 29.7 Å². The van der Waals surface area contributed by atoms with E-state index in [0.717, 1.165) is 5.69 Å². The molecule has 0 N–H and O–H groups in total. The molecule has 0 saturated heterocycles. The van der Waals surface area contributed by atoms with Gasteiger partial charge in [-0.2, -0.15) is 5.26 Å². The summed E-state index contributed by atoms with van der Waals surface area (Å²) >= 11 is 1.22. The minimum Gasteiger partial charge on any atom is -0.383 e. The molecule has 0 aliphatic rings. The zero-order chi connectivity index (χ0) is 22.2. The number of fused-ring (bicyclic) bond motifs is 1. The minimum absolute atomic E-state index is 0.0881. The quantitative estimate of drug-likeness (QED) is 0.376. The van der Waals surface area contributed by atoms with Crippen molar-refractivity contribution in [3.8, 4) is 6.07 Å². The average molecular weight is 437 g/mol. The van der Waals surface area contributed by atoms with Gasteiger partial charge in [0, 0.05) is 19.3 Å². The topological polar surface area (TPSA) is 88.2 Å². The molecule has 0 radical (unpaired) electrons. The third-order valence-corrected chi connectivity index (χ3v) is 5.70. The lowest BCUT2D eigenvalue weighted by Crippen LogP contribution is -2.34. The van der Waals surface area contributed by atoms with E-state index in [9.17, 15) is 9.59 Å².